The van der Waals surface area contributed by atoms with E-state index in [0.29, 0.717) is 16.5 Å². The number of amides is 1. The Hall–Kier alpha value is -3.23. The maximum atomic E-state index is 12.9. The van der Waals surface area contributed by atoms with Crippen LogP contribution in [-0.2, 0) is 19.6 Å². The third-order valence-corrected chi connectivity index (χ3v) is 6.89. The fraction of sp³-hybridized carbons (Fsp3) is 0.280. The molecule has 1 N–H and O–H groups in total. The predicted molar refractivity (Wildman–Crippen MR) is 134 cm³/mol. The number of carbonyl (C=O) groups excluding carboxylic acids is 1. The van der Waals surface area contributed by atoms with Crippen LogP contribution < -0.4 is 10.1 Å². The predicted octanol–water partition coefficient (Wildman–Crippen LogP) is 5.92. The Bertz CT molecular complexity index is 1320. The van der Waals surface area contributed by atoms with Gasteiger partial charge in [0.25, 0.3) is 5.91 Å². The van der Waals surface area contributed by atoms with Gasteiger partial charge in [-0.3, -0.25) is 4.79 Å². The number of carbonyl (C=O) groups is 1. The van der Waals surface area contributed by atoms with Gasteiger partial charge >= 0.3 is 0 Å². The van der Waals surface area contributed by atoms with Gasteiger partial charge in [0, 0.05) is 34.6 Å². The number of thiazole rings is 1. The Morgan fingerprint density at radius 3 is 2.85 bits per heavy atom. The molecule has 0 atom stereocenters. The fourth-order valence-corrected chi connectivity index (χ4v) is 4.75. The molecule has 0 radical (unpaired) electrons. The van der Waals surface area contributed by atoms with Gasteiger partial charge in [0.2, 0.25) is 0 Å². The van der Waals surface area contributed by atoms with Crippen molar-refractivity contribution in [2.45, 2.75) is 45.8 Å². The molecule has 2 aromatic heterocycles. The SMILES string of the molecule is Cc1ccc(-c2nnc3n2CCCCC3)cc1NC(=O)c1csc(COc2ccc(Cl)cc2)n1. The number of nitrogens with one attached hydrogen (secondary N) is 1. The van der Waals surface area contributed by atoms with Crippen LogP contribution >= 0.6 is 22.9 Å². The van der Waals surface area contributed by atoms with Gasteiger partial charge in [0.15, 0.2) is 5.82 Å². The zero-order chi connectivity index (χ0) is 23.5. The number of anilines is 1. The zero-order valence-corrected chi connectivity index (χ0v) is 20.3. The summed E-state index contributed by atoms with van der Waals surface area (Å²) in [4.78, 5) is 17.3. The highest BCUT2D eigenvalue weighted by Crippen LogP contribution is 2.27. The minimum atomic E-state index is -0.255. The lowest BCUT2D eigenvalue weighted by Gasteiger charge is -2.11. The van der Waals surface area contributed by atoms with Crippen molar-refractivity contribution in [2.24, 2.45) is 0 Å². The minimum absolute atomic E-state index is 0.255. The van der Waals surface area contributed by atoms with E-state index < -0.39 is 0 Å². The average Bonchev–Trinajstić information content (AvgIpc) is 3.41. The number of aromatic nitrogens is 4. The van der Waals surface area contributed by atoms with Crippen molar-refractivity contribution in [1.29, 1.82) is 0 Å². The summed E-state index contributed by atoms with van der Waals surface area (Å²) in [7, 11) is 0. The van der Waals surface area contributed by atoms with Crippen LogP contribution in [0.4, 0.5) is 5.69 Å². The van der Waals surface area contributed by atoms with E-state index in [2.05, 4.69) is 25.1 Å². The van der Waals surface area contributed by atoms with E-state index in [-0.39, 0.29) is 12.5 Å². The molecular weight excluding hydrogens is 470 g/mol. The first kappa shape index (κ1) is 22.6. The summed E-state index contributed by atoms with van der Waals surface area (Å²) < 4.78 is 7.94. The third-order valence-electron chi connectivity index (χ3n) is 5.81. The summed E-state index contributed by atoms with van der Waals surface area (Å²) in [5, 5.41) is 15.0. The highest BCUT2D eigenvalue weighted by atomic mass is 35.5. The van der Waals surface area contributed by atoms with E-state index in [4.69, 9.17) is 16.3 Å². The standard InChI is InChI=1S/C25H24ClN5O2S/c1-16-6-7-17(24-30-29-22-5-3-2-4-12-31(22)24)13-20(16)28-25(32)21-15-34-23(27-21)14-33-19-10-8-18(26)9-11-19/h6-11,13,15H,2-5,12,14H2,1H3,(H,28,32). The Morgan fingerprint density at radius 1 is 1.15 bits per heavy atom. The second kappa shape index (κ2) is 9.95. The molecule has 9 heteroatoms. The Kier molecular flexibility index (Phi) is 6.60. The Balaban J connectivity index is 1.29. The third kappa shape index (κ3) is 4.98. The Labute approximate surface area is 206 Å². The maximum absolute atomic E-state index is 12.9. The first-order valence-corrected chi connectivity index (χ1v) is 12.5. The van der Waals surface area contributed by atoms with E-state index in [9.17, 15) is 4.79 Å². The minimum Gasteiger partial charge on any atom is -0.486 e. The summed E-state index contributed by atoms with van der Waals surface area (Å²) in [5.74, 6) is 2.33. The summed E-state index contributed by atoms with van der Waals surface area (Å²) in [6.07, 6.45) is 4.43. The van der Waals surface area contributed by atoms with Gasteiger partial charge in [0.1, 0.15) is 28.9 Å². The smallest absolute Gasteiger partial charge is 0.275 e. The largest absolute Gasteiger partial charge is 0.486 e. The van der Waals surface area contributed by atoms with Crippen LogP contribution in [0.2, 0.25) is 5.02 Å². The molecule has 3 heterocycles. The van der Waals surface area contributed by atoms with E-state index >= 15 is 0 Å². The lowest BCUT2D eigenvalue weighted by Crippen LogP contribution is -2.13. The molecule has 5 rings (SSSR count). The van der Waals surface area contributed by atoms with Crippen LogP contribution in [0.5, 0.6) is 5.75 Å². The van der Waals surface area contributed by atoms with Crippen LogP contribution in [0.3, 0.4) is 0 Å². The van der Waals surface area contributed by atoms with Crippen LogP contribution in [0.15, 0.2) is 47.8 Å². The molecule has 34 heavy (non-hydrogen) atoms. The van der Waals surface area contributed by atoms with Gasteiger partial charge in [-0.1, -0.05) is 30.2 Å². The fourth-order valence-electron chi connectivity index (χ4n) is 3.94. The molecule has 1 aliphatic rings. The molecule has 0 aliphatic carbocycles. The molecular formula is C25H24ClN5O2S. The quantitative estimate of drug-likeness (QED) is 0.360. The normalized spacial score (nSPS) is 13.2. The lowest BCUT2D eigenvalue weighted by atomic mass is 10.1. The summed E-state index contributed by atoms with van der Waals surface area (Å²) >= 11 is 7.29. The number of nitrogens with zero attached hydrogens (tertiary/aromatic N) is 4. The first-order chi connectivity index (χ1) is 16.6. The highest BCUT2D eigenvalue weighted by Gasteiger charge is 2.18. The molecule has 0 fully saturated rings. The Morgan fingerprint density at radius 2 is 2.00 bits per heavy atom. The molecule has 1 aliphatic heterocycles. The molecule has 0 unspecified atom stereocenters. The number of aryl methyl sites for hydroxylation is 2. The lowest BCUT2D eigenvalue weighted by molar-refractivity contribution is 0.102. The second-order valence-corrected chi connectivity index (χ2v) is 9.63. The number of ether oxygens (including phenoxy) is 1. The van der Waals surface area contributed by atoms with Gasteiger partial charge in [-0.25, -0.2) is 4.98 Å². The molecule has 2 aromatic carbocycles. The molecule has 1 amide bonds. The van der Waals surface area contributed by atoms with Crippen LogP contribution in [0, 0.1) is 6.92 Å². The molecule has 0 spiro atoms. The summed E-state index contributed by atoms with van der Waals surface area (Å²) in [6, 6.07) is 13.1. The number of fused-ring (bicyclic) bond motifs is 1. The van der Waals surface area contributed by atoms with Gasteiger partial charge in [-0.05, 0) is 55.7 Å². The van der Waals surface area contributed by atoms with Crippen molar-refractivity contribution in [3.05, 3.63) is 75.0 Å². The monoisotopic (exact) mass is 493 g/mol. The maximum Gasteiger partial charge on any atom is 0.275 e. The average molecular weight is 494 g/mol. The van der Waals surface area contributed by atoms with Gasteiger partial charge in [-0.15, -0.1) is 21.5 Å². The molecule has 0 saturated heterocycles. The molecule has 174 valence electrons. The number of halogens is 1. The molecule has 4 aromatic rings. The number of rotatable bonds is 6. The van der Waals surface area contributed by atoms with Crippen molar-refractivity contribution < 1.29 is 9.53 Å². The van der Waals surface area contributed by atoms with Gasteiger partial charge in [0.05, 0.1) is 0 Å². The topological polar surface area (TPSA) is 81.9 Å². The first-order valence-electron chi connectivity index (χ1n) is 11.2. The van der Waals surface area contributed by atoms with Crippen LogP contribution in [0.25, 0.3) is 11.4 Å². The van der Waals surface area contributed by atoms with Crippen molar-refractivity contribution in [2.75, 3.05) is 5.32 Å². The van der Waals surface area contributed by atoms with E-state index in [1.54, 1.807) is 29.6 Å². The van der Waals surface area contributed by atoms with Crippen molar-refractivity contribution >= 4 is 34.5 Å². The molecule has 0 bridgehead atoms. The summed E-state index contributed by atoms with van der Waals surface area (Å²) in [6.45, 7) is 3.18. The molecule has 0 saturated carbocycles. The summed E-state index contributed by atoms with van der Waals surface area (Å²) in [5.41, 5.74) is 3.01. The van der Waals surface area contributed by atoms with Crippen molar-refractivity contribution in [1.82, 2.24) is 19.7 Å². The van der Waals surface area contributed by atoms with Gasteiger partial charge in [-0.2, -0.15) is 0 Å². The van der Waals surface area contributed by atoms with Crippen molar-refractivity contribution in [3.63, 3.8) is 0 Å². The van der Waals surface area contributed by atoms with Gasteiger partial charge < -0.3 is 14.6 Å². The van der Waals surface area contributed by atoms with E-state index in [1.807, 2.05) is 25.1 Å². The number of benzene rings is 2. The zero-order valence-electron chi connectivity index (χ0n) is 18.8. The second-order valence-electron chi connectivity index (χ2n) is 8.26. The number of hydrogen-bond donors (Lipinski definition) is 1. The molecule has 7 nitrogen and oxygen atoms in total. The van der Waals surface area contributed by atoms with Crippen LogP contribution in [-0.4, -0.2) is 25.7 Å². The highest BCUT2D eigenvalue weighted by molar-refractivity contribution is 7.09. The number of hydrogen-bond acceptors (Lipinski definition) is 6. The van der Waals surface area contributed by atoms with E-state index in [0.717, 1.165) is 59.3 Å². The van der Waals surface area contributed by atoms with Crippen molar-refractivity contribution in [3.8, 4) is 17.1 Å². The van der Waals surface area contributed by atoms with Crippen LogP contribution in [0.1, 0.15) is 46.1 Å². The van der Waals surface area contributed by atoms with E-state index in [1.165, 1.54) is 17.8 Å².